The molecule has 1 aromatic heterocycles. The first-order valence-corrected chi connectivity index (χ1v) is 14.1. The van der Waals surface area contributed by atoms with Gasteiger partial charge in [0.05, 0.1) is 34.5 Å². The van der Waals surface area contributed by atoms with E-state index in [0.29, 0.717) is 86.5 Å². The molecule has 3 aliphatic heterocycles. The van der Waals surface area contributed by atoms with Crippen LogP contribution in [0.2, 0.25) is 0 Å². The number of aromatic nitrogens is 3. The Morgan fingerprint density at radius 1 is 0.902 bits per heavy atom. The minimum atomic E-state index is 0.102. The first-order valence-electron chi connectivity index (χ1n) is 14.1. The molecule has 222 valence electrons. The van der Waals surface area contributed by atoms with Crippen molar-refractivity contribution < 1.29 is 23.7 Å². The molecule has 4 heterocycles. The van der Waals surface area contributed by atoms with E-state index in [1.165, 1.54) is 0 Å². The van der Waals surface area contributed by atoms with Crippen LogP contribution >= 0.6 is 0 Å². The minimum Gasteiger partial charge on any atom is -0.493 e. The van der Waals surface area contributed by atoms with Crippen LogP contribution in [0.25, 0.3) is 5.57 Å². The Kier molecular flexibility index (Phi) is 9.24. The molecule has 0 atom stereocenters. The topological polar surface area (TPSA) is 118 Å². The standard InChI is InChI=1S/C28H40N8O5/c1-5-33-10-12-36(13-11-33)28(37)35-8-6-20(7-9-35)25-30-26(32-27(31-25)34-14-16-41-17-15-34)29-21-18-22(38-2)24(40-4)23(19-21)39-3/h6,18-19H,5,7-17H2,1-4H3,(H,29,30,31,32). The molecule has 1 aromatic carbocycles. The van der Waals surface area contributed by atoms with Gasteiger partial charge in [0.25, 0.3) is 0 Å². The SMILES string of the molecule is CCN1CCN(C(=O)N2CC=C(c3nc(Nc4cc(OC)c(OC)c(OC)c4)nc(N4CCOCC4)n3)CC2)CC1. The van der Waals surface area contributed by atoms with Crippen molar-refractivity contribution in [2.45, 2.75) is 13.3 Å². The number of urea groups is 1. The summed E-state index contributed by atoms with van der Waals surface area (Å²) in [6, 6.07) is 3.72. The van der Waals surface area contributed by atoms with Crippen molar-refractivity contribution in [2.75, 3.05) is 104 Å². The van der Waals surface area contributed by atoms with E-state index in [-0.39, 0.29) is 6.03 Å². The van der Waals surface area contributed by atoms with Crippen molar-refractivity contribution in [1.29, 1.82) is 0 Å². The highest BCUT2D eigenvalue weighted by Crippen LogP contribution is 2.40. The lowest BCUT2D eigenvalue weighted by molar-refractivity contribution is 0.117. The van der Waals surface area contributed by atoms with Gasteiger partial charge >= 0.3 is 6.03 Å². The second-order valence-corrected chi connectivity index (χ2v) is 10.1. The summed E-state index contributed by atoms with van der Waals surface area (Å²) in [5, 5.41) is 3.30. The maximum Gasteiger partial charge on any atom is 0.320 e. The number of carbonyl (C=O) groups excluding carboxylic acids is 1. The Balaban J connectivity index is 1.38. The predicted molar refractivity (Wildman–Crippen MR) is 155 cm³/mol. The van der Waals surface area contributed by atoms with Crippen LogP contribution in [0.15, 0.2) is 18.2 Å². The molecule has 2 fully saturated rings. The summed E-state index contributed by atoms with van der Waals surface area (Å²) in [6.45, 7) is 10.3. The van der Waals surface area contributed by atoms with Crippen LogP contribution in [0, 0.1) is 0 Å². The van der Waals surface area contributed by atoms with E-state index in [2.05, 4.69) is 28.1 Å². The zero-order chi connectivity index (χ0) is 28.8. The molecule has 0 unspecified atom stereocenters. The number of morpholine rings is 1. The van der Waals surface area contributed by atoms with Crippen LogP contribution in [0.1, 0.15) is 19.2 Å². The van der Waals surface area contributed by atoms with Crippen molar-refractivity contribution >= 4 is 29.2 Å². The van der Waals surface area contributed by atoms with Gasteiger partial charge in [0, 0.05) is 70.2 Å². The number of piperazine rings is 1. The Morgan fingerprint density at radius 3 is 2.20 bits per heavy atom. The quantitative estimate of drug-likeness (QED) is 0.506. The molecule has 1 N–H and O–H groups in total. The third kappa shape index (κ3) is 6.57. The minimum absolute atomic E-state index is 0.102. The molecule has 13 nitrogen and oxygen atoms in total. The Labute approximate surface area is 241 Å². The Hall–Kier alpha value is -3.84. The molecule has 2 saturated heterocycles. The fraction of sp³-hybridized carbons (Fsp3) is 0.571. The monoisotopic (exact) mass is 568 g/mol. The number of hydrogen-bond donors (Lipinski definition) is 1. The third-order valence-electron chi connectivity index (χ3n) is 7.70. The summed E-state index contributed by atoms with van der Waals surface area (Å²) in [4.78, 5) is 35.9. The molecule has 2 aromatic rings. The normalized spacial score (nSPS) is 18.1. The number of nitrogens with zero attached hydrogens (tertiary/aromatic N) is 7. The van der Waals surface area contributed by atoms with Crippen LogP contribution < -0.4 is 24.4 Å². The van der Waals surface area contributed by atoms with Gasteiger partial charge in [-0.05, 0) is 18.5 Å². The van der Waals surface area contributed by atoms with E-state index in [1.54, 1.807) is 21.3 Å². The number of amides is 2. The lowest BCUT2D eigenvalue weighted by atomic mass is 10.1. The molecule has 0 spiro atoms. The van der Waals surface area contributed by atoms with Crippen LogP contribution in [0.5, 0.6) is 17.2 Å². The third-order valence-corrected chi connectivity index (χ3v) is 7.70. The van der Waals surface area contributed by atoms with Gasteiger partial charge in [-0.3, -0.25) is 0 Å². The summed E-state index contributed by atoms with van der Waals surface area (Å²) < 4.78 is 22.0. The second kappa shape index (κ2) is 13.2. The van der Waals surface area contributed by atoms with E-state index >= 15 is 0 Å². The zero-order valence-electron chi connectivity index (χ0n) is 24.4. The van der Waals surface area contributed by atoms with Gasteiger partial charge < -0.3 is 43.9 Å². The molecule has 0 saturated carbocycles. The van der Waals surface area contributed by atoms with Gasteiger partial charge in [0.1, 0.15) is 0 Å². The zero-order valence-corrected chi connectivity index (χ0v) is 24.4. The number of anilines is 3. The predicted octanol–water partition coefficient (Wildman–Crippen LogP) is 2.32. The molecular weight excluding hydrogens is 528 g/mol. The largest absolute Gasteiger partial charge is 0.493 e. The summed E-state index contributed by atoms with van der Waals surface area (Å²) in [6.07, 6.45) is 2.72. The summed E-state index contributed by atoms with van der Waals surface area (Å²) in [5.74, 6) is 3.13. The lowest BCUT2D eigenvalue weighted by Gasteiger charge is -2.38. The maximum absolute atomic E-state index is 13.2. The van der Waals surface area contributed by atoms with Crippen LogP contribution in [0.4, 0.5) is 22.4 Å². The van der Waals surface area contributed by atoms with Crippen LogP contribution in [-0.4, -0.2) is 129 Å². The number of hydrogen-bond acceptors (Lipinski definition) is 11. The molecule has 5 rings (SSSR count). The van der Waals surface area contributed by atoms with Crippen molar-refractivity contribution in [3.63, 3.8) is 0 Å². The Bertz CT molecular complexity index is 1220. The lowest BCUT2D eigenvalue weighted by Crippen LogP contribution is -2.53. The van der Waals surface area contributed by atoms with Crippen molar-refractivity contribution in [1.82, 2.24) is 29.7 Å². The number of ether oxygens (including phenoxy) is 4. The molecule has 41 heavy (non-hydrogen) atoms. The highest BCUT2D eigenvalue weighted by Gasteiger charge is 2.27. The van der Waals surface area contributed by atoms with E-state index < -0.39 is 0 Å². The first-order chi connectivity index (χ1) is 20.0. The average Bonchev–Trinajstić information content (AvgIpc) is 3.04. The van der Waals surface area contributed by atoms with Gasteiger partial charge in [-0.25, -0.2) is 4.79 Å². The molecular formula is C28H40N8O5. The first kappa shape index (κ1) is 28.7. The van der Waals surface area contributed by atoms with Gasteiger partial charge in [0.15, 0.2) is 17.3 Å². The number of benzene rings is 1. The highest BCUT2D eigenvalue weighted by atomic mass is 16.5. The highest BCUT2D eigenvalue weighted by molar-refractivity contribution is 5.76. The van der Waals surface area contributed by atoms with Crippen LogP contribution in [-0.2, 0) is 4.74 Å². The molecule has 0 bridgehead atoms. The van der Waals surface area contributed by atoms with Crippen molar-refractivity contribution in [3.8, 4) is 17.2 Å². The molecule has 3 aliphatic rings. The smallest absolute Gasteiger partial charge is 0.320 e. The number of rotatable bonds is 8. The number of methoxy groups -OCH3 is 3. The van der Waals surface area contributed by atoms with E-state index in [0.717, 1.165) is 38.3 Å². The van der Waals surface area contributed by atoms with Gasteiger partial charge in [-0.1, -0.05) is 13.0 Å². The maximum atomic E-state index is 13.2. The van der Waals surface area contributed by atoms with E-state index in [9.17, 15) is 4.79 Å². The van der Waals surface area contributed by atoms with E-state index in [1.807, 2.05) is 21.9 Å². The van der Waals surface area contributed by atoms with Gasteiger partial charge in [-0.15, -0.1) is 0 Å². The fourth-order valence-electron chi connectivity index (χ4n) is 5.25. The second-order valence-electron chi connectivity index (χ2n) is 10.1. The molecule has 0 radical (unpaired) electrons. The molecule has 2 amide bonds. The average molecular weight is 569 g/mol. The molecule has 13 heteroatoms. The number of nitrogens with one attached hydrogen (secondary N) is 1. The molecule has 0 aliphatic carbocycles. The van der Waals surface area contributed by atoms with Crippen molar-refractivity contribution in [3.05, 3.63) is 24.0 Å². The van der Waals surface area contributed by atoms with Crippen LogP contribution in [0.3, 0.4) is 0 Å². The van der Waals surface area contributed by atoms with Crippen molar-refractivity contribution in [2.24, 2.45) is 0 Å². The van der Waals surface area contributed by atoms with Gasteiger partial charge in [-0.2, -0.15) is 15.0 Å². The summed E-state index contributed by atoms with van der Waals surface area (Å²) in [5.41, 5.74) is 1.68. The summed E-state index contributed by atoms with van der Waals surface area (Å²) >= 11 is 0. The number of likely N-dealkylation sites (N-methyl/N-ethyl adjacent to an activating group) is 1. The fourth-order valence-corrected chi connectivity index (χ4v) is 5.25. The Morgan fingerprint density at radius 2 is 1.61 bits per heavy atom. The van der Waals surface area contributed by atoms with Gasteiger partial charge in [0.2, 0.25) is 17.6 Å². The summed E-state index contributed by atoms with van der Waals surface area (Å²) in [7, 11) is 4.72. The van der Waals surface area contributed by atoms with E-state index in [4.69, 9.17) is 33.9 Å². The number of carbonyl (C=O) groups is 1.